The van der Waals surface area contributed by atoms with Gasteiger partial charge in [0.1, 0.15) is 0 Å². The number of rotatable bonds is 7. The second-order valence-electron chi connectivity index (χ2n) is 4.02. The minimum absolute atomic E-state index is 0.00959. The summed E-state index contributed by atoms with van der Waals surface area (Å²) in [5.74, 6) is 0.443. The monoisotopic (exact) mass is 269 g/mol. The van der Waals surface area contributed by atoms with Crippen LogP contribution < -0.4 is 0 Å². The molecule has 100 valence electrons. The Morgan fingerprint density at radius 3 is 2.44 bits per heavy atom. The molecule has 0 spiro atoms. The van der Waals surface area contributed by atoms with E-state index in [9.17, 15) is 4.79 Å². The van der Waals surface area contributed by atoms with Gasteiger partial charge >= 0.3 is 0 Å². The average Bonchev–Trinajstić information content (AvgIpc) is 2.43. The van der Waals surface area contributed by atoms with Crippen molar-refractivity contribution in [3.63, 3.8) is 0 Å². The smallest absolute Gasteiger partial charge is 0.253 e. The molecule has 0 radical (unpaired) electrons. The molecule has 0 saturated carbocycles. The van der Waals surface area contributed by atoms with E-state index in [-0.39, 0.29) is 5.91 Å². The summed E-state index contributed by atoms with van der Waals surface area (Å²) in [4.78, 5) is 14.0. The Balaban J connectivity index is 2.73. The number of alkyl halides is 1. The quantitative estimate of drug-likeness (QED) is 0.712. The molecule has 0 fully saturated rings. The summed E-state index contributed by atoms with van der Waals surface area (Å²) in [6.07, 6.45) is 0.976. The molecule has 1 rings (SSSR count). The second kappa shape index (κ2) is 8.11. The van der Waals surface area contributed by atoms with Gasteiger partial charge < -0.3 is 9.64 Å². The Hall–Kier alpha value is -1.06. The van der Waals surface area contributed by atoms with E-state index in [0.717, 1.165) is 6.42 Å². The zero-order valence-corrected chi connectivity index (χ0v) is 11.7. The van der Waals surface area contributed by atoms with E-state index in [1.165, 1.54) is 5.56 Å². The molecule has 0 aromatic heterocycles. The Labute approximate surface area is 114 Å². The number of amides is 1. The van der Waals surface area contributed by atoms with Gasteiger partial charge in [0.2, 0.25) is 0 Å². The van der Waals surface area contributed by atoms with Crippen molar-refractivity contribution in [1.29, 1.82) is 0 Å². The number of hydrogen-bond donors (Lipinski definition) is 0. The van der Waals surface area contributed by atoms with Crippen LogP contribution in [0, 0.1) is 0 Å². The molecule has 0 bridgehead atoms. The number of hydrogen-bond acceptors (Lipinski definition) is 2. The van der Waals surface area contributed by atoms with Gasteiger partial charge in [0, 0.05) is 31.6 Å². The van der Waals surface area contributed by atoms with E-state index in [0.29, 0.717) is 31.1 Å². The zero-order valence-electron chi connectivity index (χ0n) is 11.0. The minimum atomic E-state index is 0.00959. The first-order valence-corrected chi connectivity index (χ1v) is 6.69. The van der Waals surface area contributed by atoms with Gasteiger partial charge in [0.15, 0.2) is 0 Å². The second-order valence-corrected chi connectivity index (χ2v) is 4.40. The summed E-state index contributed by atoms with van der Waals surface area (Å²) < 4.78 is 5.00. The molecule has 1 aromatic rings. The van der Waals surface area contributed by atoms with E-state index in [4.69, 9.17) is 16.3 Å². The van der Waals surface area contributed by atoms with Crippen molar-refractivity contribution in [2.24, 2.45) is 0 Å². The Morgan fingerprint density at radius 1 is 1.28 bits per heavy atom. The van der Waals surface area contributed by atoms with Crippen molar-refractivity contribution in [3.05, 3.63) is 35.4 Å². The van der Waals surface area contributed by atoms with Crippen LogP contribution in [0.25, 0.3) is 0 Å². The molecular formula is C14H20ClNO2. The maximum absolute atomic E-state index is 12.3. The van der Waals surface area contributed by atoms with Gasteiger partial charge in [-0.05, 0) is 24.1 Å². The van der Waals surface area contributed by atoms with Gasteiger partial charge in [-0.1, -0.05) is 19.1 Å². The standard InChI is InChI=1S/C14H20ClNO2/c1-3-12-4-6-13(7-5-12)14(17)16(9-8-15)10-11-18-2/h4-7H,3,8-11H2,1-2H3. The predicted octanol–water partition coefficient (Wildman–Crippen LogP) is 2.58. The van der Waals surface area contributed by atoms with E-state index >= 15 is 0 Å². The molecule has 0 saturated heterocycles. The van der Waals surface area contributed by atoms with Crippen LogP contribution in [0.15, 0.2) is 24.3 Å². The third-order valence-corrected chi connectivity index (χ3v) is 2.99. The summed E-state index contributed by atoms with van der Waals surface area (Å²) in [6, 6.07) is 7.72. The SMILES string of the molecule is CCc1ccc(C(=O)N(CCCl)CCOC)cc1. The molecule has 0 unspecified atom stereocenters. The zero-order chi connectivity index (χ0) is 13.4. The lowest BCUT2D eigenvalue weighted by atomic mass is 10.1. The summed E-state index contributed by atoms with van der Waals surface area (Å²) >= 11 is 5.72. The Bertz CT molecular complexity index is 365. The van der Waals surface area contributed by atoms with Crippen LogP contribution in [0.2, 0.25) is 0 Å². The topological polar surface area (TPSA) is 29.5 Å². The van der Waals surface area contributed by atoms with Crippen LogP contribution >= 0.6 is 11.6 Å². The molecular weight excluding hydrogens is 250 g/mol. The molecule has 18 heavy (non-hydrogen) atoms. The van der Waals surface area contributed by atoms with Gasteiger partial charge in [-0.3, -0.25) is 4.79 Å². The van der Waals surface area contributed by atoms with Crippen LogP contribution in [-0.4, -0.2) is 43.5 Å². The van der Waals surface area contributed by atoms with Gasteiger partial charge in [-0.25, -0.2) is 0 Å². The van der Waals surface area contributed by atoms with Crippen LogP contribution in [0.5, 0.6) is 0 Å². The minimum Gasteiger partial charge on any atom is -0.383 e. The average molecular weight is 270 g/mol. The van der Waals surface area contributed by atoms with Crippen molar-refractivity contribution < 1.29 is 9.53 Å². The maximum Gasteiger partial charge on any atom is 0.253 e. The van der Waals surface area contributed by atoms with Crippen molar-refractivity contribution in [3.8, 4) is 0 Å². The van der Waals surface area contributed by atoms with E-state index in [2.05, 4.69) is 6.92 Å². The van der Waals surface area contributed by atoms with Gasteiger partial charge in [-0.2, -0.15) is 0 Å². The molecule has 0 aliphatic carbocycles. The molecule has 1 aromatic carbocycles. The first kappa shape index (κ1) is 15.0. The fraction of sp³-hybridized carbons (Fsp3) is 0.500. The van der Waals surface area contributed by atoms with Gasteiger partial charge in [0.25, 0.3) is 5.91 Å². The number of carbonyl (C=O) groups excluding carboxylic acids is 1. The van der Waals surface area contributed by atoms with E-state index in [1.54, 1.807) is 12.0 Å². The molecule has 0 N–H and O–H groups in total. The number of benzene rings is 1. The lowest BCUT2D eigenvalue weighted by Gasteiger charge is -2.21. The van der Waals surface area contributed by atoms with Crippen molar-refractivity contribution in [1.82, 2.24) is 4.90 Å². The van der Waals surface area contributed by atoms with Gasteiger partial charge in [0.05, 0.1) is 6.61 Å². The van der Waals surface area contributed by atoms with Gasteiger partial charge in [-0.15, -0.1) is 11.6 Å². The number of halogens is 1. The fourth-order valence-corrected chi connectivity index (χ4v) is 1.89. The molecule has 1 amide bonds. The summed E-state index contributed by atoms with van der Waals surface area (Å²) in [5, 5.41) is 0. The maximum atomic E-state index is 12.3. The molecule has 0 atom stereocenters. The van der Waals surface area contributed by atoms with E-state index < -0.39 is 0 Å². The third kappa shape index (κ3) is 4.31. The summed E-state index contributed by atoms with van der Waals surface area (Å²) in [5.41, 5.74) is 1.93. The van der Waals surface area contributed by atoms with Crippen LogP contribution in [0.1, 0.15) is 22.8 Å². The molecule has 0 aliphatic rings. The van der Waals surface area contributed by atoms with Crippen molar-refractivity contribution >= 4 is 17.5 Å². The van der Waals surface area contributed by atoms with Crippen LogP contribution in [-0.2, 0) is 11.2 Å². The molecule has 0 heterocycles. The summed E-state index contributed by atoms with van der Waals surface area (Å²) in [6.45, 7) is 3.72. The third-order valence-electron chi connectivity index (χ3n) is 2.82. The highest BCUT2D eigenvalue weighted by Crippen LogP contribution is 2.08. The molecule has 0 aliphatic heterocycles. The Kier molecular flexibility index (Phi) is 6.76. The van der Waals surface area contributed by atoms with Crippen LogP contribution in [0.4, 0.5) is 0 Å². The molecule has 3 nitrogen and oxygen atoms in total. The van der Waals surface area contributed by atoms with E-state index in [1.807, 2.05) is 24.3 Å². The number of aryl methyl sites for hydroxylation is 1. The van der Waals surface area contributed by atoms with Crippen molar-refractivity contribution in [2.45, 2.75) is 13.3 Å². The lowest BCUT2D eigenvalue weighted by Crippen LogP contribution is -2.35. The normalized spacial score (nSPS) is 10.4. The number of ether oxygens (including phenoxy) is 1. The van der Waals surface area contributed by atoms with Crippen LogP contribution in [0.3, 0.4) is 0 Å². The highest BCUT2D eigenvalue weighted by molar-refractivity contribution is 6.18. The summed E-state index contributed by atoms with van der Waals surface area (Å²) in [7, 11) is 1.62. The first-order chi connectivity index (χ1) is 8.72. The Morgan fingerprint density at radius 2 is 1.94 bits per heavy atom. The van der Waals surface area contributed by atoms with Crippen molar-refractivity contribution in [2.75, 3.05) is 32.7 Å². The highest BCUT2D eigenvalue weighted by atomic mass is 35.5. The number of methoxy groups -OCH3 is 1. The lowest BCUT2D eigenvalue weighted by molar-refractivity contribution is 0.0708. The highest BCUT2D eigenvalue weighted by Gasteiger charge is 2.14. The first-order valence-electron chi connectivity index (χ1n) is 6.16. The molecule has 4 heteroatoms. The predicted molar refractivity (Wildman–Crippen MR) is 74.3 cm³/mol. The number of nitrogens with zero attached hydrogens (tertiary/aromatic N) is 1. The largest absolute Gasteiger partial charge is 0.383 e. The fourth-order valence-electron chi connectivity index (χ4n) is 1.68. The number of carbonyl (C=O) groups is 1.